The van der Waals surface area contributed by atoms with Crippen LogP contribution in [0.4, 0.5) is 4.79 Å². The number of hydrogen-bond acceptors (Lipinski definition) is 3. The molecular formula is C14H27N3O3. The van der Waals surface area contributed by atoms with Crippen LogP contribution in [0.5, 0.6) is 0 Å². The van der Waals surface area contributed by atoms with Crippen LogP contribution in [0.15, 0.2) is 0 Å². The molecule has 1 aliphatic rings. The van der Waals surface area contributed by atoms with E-state index >= 15 is 0 Å². The van der Waals surface area contributed by atoms with E-state index in [1.807, 2.05) is 11.8 Å². The van der Waals surface area contributed by atoms with Gasteiger partial charge in [-0.2, -0.15) is 0 Å². The number of carboxylic acid groups (broad SMARTS) is 1. The van der Waals surface area contributed by atoms with Crippen LogP contribution in [0.3, 0.4) is 0 Å². The van der Waals surface area contributed by atoms with Gasteiger partial charge in [0.05, 0.1) is 6.42 Å². The average Bonchev–Trinajstić information content (AvgIpc) is 2.39. The quantitative estimate of drug-likeness (QED) is 0.796. The molecule has 0 bridgehead atoms. The third-order valence-electron chi connectivity index (χ3n) is 3.76. The van der Waals surface area contributed by atoms with Crippen molar-refractivity contribution in [3.63, 3.8) is 0 Å². The number of urea groups is 1. The van der Waals surface area contributed by atoms with Gasteiger partial charge in [-0.05, 0) is 39.8 Å². The molecule has 0 aliphatic carbocycles. The maximum absolute atomic E-state index is 12.3. The molecule has 1 aliphatic heterocycles. The van der Waals surface area contributed by atoms with Gasteiger partial charge in [-0.1, -0.05) is 0 Å². The Morgan fingerprint density at radius 3 is 2.30 bits per heavy atom. The van der Waals surface area contributed by atoms with E-state index in [0.717, 1.165) is 32.5 Å². The van der Waals surface area contributed by atoms with Crippen LogP contribution in [0.2, 0.25) is 0 Å². The van der Waals surface area contributed by atoms with Crippen molar-refractivity contribution in [1.29, 1.82) is 0 Å². The lowest BCUT2D eigenvalue weighted by Gasteiger charge is -2.36. The van der Waals surface area contributed by atoms with E-state index in [4.69, 9.17) is 5.11 Å². The molecule has 1 heterocycles. The summed E-state index contributed by atoms with van der Waals surface area (Å²) < 4.78 is 0. The Balaban J connectivity index is 2.42. The Hall–Kier alpha value is -1.30. The van der Waals surface area contributed by atoms with Gasteiger partial charge in [0.1, 0.15) is 0 Å². The maximum atomic E-state index is 12.3. The molecule has 0 aromatic rings. The number of carbonyl (C=O) groups excluding carboxylic acids is 1. The van der Waals surface area contributed by atoms with Crippen LogP contribution in [0.25, 0.3) is 0 Å². The Kier molecular flexibility index (Phi) is 6.78. The van der Waals surface area contributed by atoms with E-state index in [-0.39, 0.29) is 12.5 Å². The summed E-state index contributed by atoms with van der Waals surface area (Å²) in [6, 6.07) is -0.0166. The Bertz CT molecular complexity index is 326. The Morgan fingerprint density at radius 2 is 1.85 bits per heavy atom. The largest absolute Gasteiger partial charge is 0.481 e. The highest BCUT2D eigenvalue weighted by molar-refractivity contribution is 5.75. The van der Waals surface area contributed by atoms with Crippen molar-refractivity contribution in [2.75, 3.05) is 46.8 Å². The summed E-state index contributed by atoms with van der Waals surface area (Å²) in [6.45, 7) is 5.37. The van der Waals surface area contributed by atoms with Crippen molar-refractivity contribution in [3.8, 4) is 0 Å². The summed E-state index contributed by atoms with van der Waals surface area (Å²) in [5.41, 5.74) is 0. The highest BCUT2D eigenvalue weighted by Gasteiger charge is 2.26. The molecule has 1 N–H and O–H groups in total. The van der Waals surface area contributed by atoms with Crippen molar-refractivity contribution < 1.29 is 14.7 Å². The number of rotatable bonds is 6. The van der Waals surface area contributed by atoms with Crippen LogP contribution >= 0.6 is 0 Å². The molecular weight excluding hydrogens is 258 g/mol. The molecule has 20 heavy (non-hydrogen) atoms. The molecule has 116 valence electrons. The van der Waals surface area contributed by atoms with E-state index in [1.54, 1.807) is 4.90 Å². The van der Waals surface area contributed by atoms with Crippen molar-refractivity contribution in [1.82, 2.24) is 14.7 Å². The standard InChI is InChI=1S/C14H27N3O3/c1-4-16(10-7-13(18)19)14(20)17-8-5-12(6-9-17)11-15(2)3/h12H,4-11H2,1-3H3,(H,18,19). The molecule has 0 spiro atoms. The number of nitrogens with zero attached hydrogens (tertiary/aromatic N) is 3. The minimum atomic E-state index is -0.860. The number of hydrogen-bond donors (Lipinski definition) is 1. The van der Waals surface area contributed by atoms with E-state index < -0.39 is 5.97 Å². The Morgan fingerprint density at radius 1 is 1.25 bits per heavy atom. The van der Waals surface area contributed by atoms with Crippen LogP contribution in [-0.2, 0) is 4.79 Å². The second-order valence-corrected chi connectivity index (χ2v) is 5.70. The first kappa shape index (κ1) is 16.8. The van der Waals surface area contributed by atoms with Crippen molar-refractivity contribution in [2.24, 2.45) is 5.92 Å². The second kappa shape index (κ2) is 8.09. The summed E-state index contributed by atoms with van der Waals surface area (Å²) >= 11 is 0. The molecule has 0 radical (unpaired) electrons. The van der Waals surface area contributed by atoms with Crippen molar-refractivity contribution >= 4 is 12.0 Å². The first-order valence-corrected chi connectivity index (χ1v) is 7.34. The summed E-state index contributed by atoms with van der Waals surface area (Å²) in [7, 11) is 4.14. The molecule has 1 saturated heterocycles. The van der Waals surface area contributed by atoms with Gasteiger partial charge in [0, 0.05) is 32.7 Å². The second-order valence-electron chi connectivity index (χ2n) is 5.70. The average molecular weight is 285 g/mol. The van der Waals surface area contributed by atoms with Crippen molar-refractivity contribution in [3.05, 3.63) is 0 Å². The SMILES string of the molecule is CCN(CCC(=O)O)C(=O)N1CCC(CN(C)C)CC1. The highest BCUT2D eigenvalue weighted by Crippen LogP contribution is 2.18. The lowest BCUT2D eigenvalue weighted by Crippen LogP contribution is -2.48. The molecule has 0 unspecified atom stereocenters. The monoisotopic (exact) mass is 285 g/mol. The number of carbonyl (C=O) groups is 2. The van der Waals surface area contributed by atoms with Gasteiger partial charge >= 0.3 is 12.0 Å². The van der Waals surface area contributed by atoms with E-state index in [9.17, 15) is 9.59 Å². The predicted molar refractivity (Wildman–Crippen MR) is 77.7 cm³/mol. The van der Waals surface area contributed by atoms with Crippen LogP contribution in [0, 0.1) is 5.92 Å². The number of amides is 2. The molecule has 2 amide bonds. The normalized spacial score (nSPS) is 16.5. The zero-order chi connectivity index (χ0) is 15.1. The zero-order valence-corrected chi connectivity index (χ0v) is 12.8. The molecule has 0 atom stereocenters. The van der Waals surface area contributed by atoms with E-state index in [0.29, 0.717) is 19.0 Å². The fourth-order valence-electron chi connectivity index (χ4n) is 2.64. The van der Waals surface area contributed by atoms with Crippen LogP contribution in [0.1, 0.15) is 26.2 Å². The number of piperidine rings is 1. The third kappa shape index (κ3) is 5.36. The Labute approximate surface area is 121 Å². The van der Waals surface area contributed by atoms with Crippen LogP contribution in [-0.4, -0.2) is 78.6 Å². The fourth-order valence-corrected chi connectivity index (χ4v) is 2.64. The van der Waals surface area contributed by atoms with Gasteiger partial charge in [0.25, 0.3) is 0 Å². The molecule has 0 saturated carbocycles. The smallest absolute Gasteiger partial charge is 0.320 e. The first-order chi connectivity index (χ1) is 9.43. The summed E-state index contributed by atoms with van der Waals surface area (Å²) in [4.78, 5) is 28.6. The number of likely N-dealkylation sites (tertiary alicyclic amines) is 1. The summed E-state index contributed by atoms with van der Waals surface area (Å²) in [5.74, 6) is -0.205. The third-order valence-corrected chi connectivity index (χ3v) is 3.76. The van der Waals surface area contributed by atoms with Gasteiger partial charge in [-0.25, -0.2) is 4.79 Å². The number of carboxylic acids is 1. The topological polar surface area (TPSA) is 64.1 Å². The lowest BCUT2D eigenvalue weighted by molar-refractivity contribution is -0.137. The molecule has 6 nitrogen and oxygen atoms in total. The summed E-state index contributed by atoms with van der Waals surface area (Å²) in [6.07, 6.45) is 2.07. The van der Waals surface area contributed by atoms with E-state index in [2.05, 4.69) is 19.0 Å². The van der Waals surface area contributed by atoms with Crippen molar-refractivity contribution in [2.45, 2.75) is 26.2 Å². The minimum Gasteiger partial charge on any atom is -0.481 e. The van der Waals surface area contributed by atoms with E-state index in [1.165, 1.54) is 0 Å². The molecule has 0 aromatic carbocycles. The van der Waals surface area contributed by atoms with Crippen LogP contribution < -0.4 is 0 Å². The summed E-state index contributed by atoms with van der Waals surface area (Å²) in [5, 5.41) is 8.71. The highest BCUT2D eigenvalue weighted by atomic mass is 16.4. The fraction of sp³-hybridized carbons (Fsp3) is 0.857. The van der Waals surface area contributed by atoms with Gasteiger partial charge in [-0.3, -0.25) is 4.79 Å². The molecule has 0 aromatic heterocycles. The number of aliphatic carboxylic acids is 1. The van der Waals surface area contributed by atoms with Gasteiger partial charge in [0.15, 0.2) is 0 Å². The van der Waals surface area contributed by atoms with Gasteiger partial charge in [-0.15, -0.1) is 0 Å². The lowest BCUT2D eigenvalue weighted by atomic mass is 9.96. The molecule has 1 fully saturated rings. The maximum Gasteiger partial charge on any atom is 0.320 e. The van der Waals surface area contributed by atoms with Gasteiger partial charge in [0.2, 0.25) is 0 Å². The zero-order valence-electron chi connectivity index (χ0n) is 12.8. The molecule has 6 heteroatoms. The molecule has 1 rings (SSSR count). The first-order valence-electron chi connectivity index (χ1n) is 7.34. The minimum absolute atomic E-state index is 0.0106. The van der Waals surface area contributed by atoms with Gasteiger partial charge < -0.3 is 19.8 Å². The predicted octanol–water partition coefficient (Wildman–Crippen LogP) is 1.18.